The molecule has 74 heavy (non-hydrogen) atoms. The first-order valence-corrected chi connectivity index (χ1v) is 24.1. The van der Waals surface area contributed by atoms with Crippen molar-refractivity contribution in [2.75, 3.05) is 0 Å². The summed E-state index contributed by atoms with van der Waals surface area (Å²) in [4.78, 5) is 48.0. The highest BCUT2D eigenvalue weighted by atomic mass is 15.0. The summed E-state index contributed by atoms with van der Waals surface area (Å²) in [7, 11) is 0. The summed E-state index contributed by atoms with van der Waals surface area (Å²) >= 11 is 0. The quantitative estimate of drug-likeness (QED) is 0.137. The molecule has 0 saturated heterocycles. The minimum absolute atomic E-state index is 0.589. The Hall–Kier alpha value is -10.5. The lowest BCUT2D eigenvalue weighted by Gasteiger charge is -2.17. The van der Waals surface area contributed by atoms with Gasteiger partial charge in [0.25, 0.3) is 0 Å². The number of rotatable bonds is 9. The molecule has 0 bridgehead atoms. The van der Waals surface area contributed by atoms with E-state index in [1.165, 1.54) is 0 Å². The van der Waals surface area contributed by atoms with Crippen LogP contribution in [0.15, 0.2) is 232 Å². The highest BCUT2D eigenvalue weighted by Crippen LogP contribution is 2.42. The number of hydrogen-bond donors (Lipinski definition) is 0. The van der Waals surface area contributed by atoms with Crippen molar-refractivity contribution in [3.63, 3.8) is 0 Å². The maximum Gasteiger partial charge on any atom is 0.160 e. The van der Waals surface area contributed by atoms with Crippen molar-refractivity contribution in [3.05, 3.63) is 232 Å². The molecule has 0 fully saturated rings. The largest absolute Gasteiger partial charge is 0.309 e. The van der Waals surface area contributed by atoms with Gasteiger partial charge in [0.05, 0.1) is 44.8 Å². The third-order valence-electron chi connectivity index (χ3n) is 13.4. The van der Waals surface area contributed by atoms with Crippen LogP contribution >= 0.6 is 0 Å². The van der Waals surface area contributed by atoms with Crippen LogP contribution in [0.3, 0.4) is 0 Å². The number of para-hydroxylation sites is 2. The fourth-order valence-electron chi connectivity index (χ4n) is 10.1. The average molecular weight is 951 g/mol. The number of nitrogens with zero attached hydrogens (tertiary/aromatic N) is 12. The SMILES string of the molecule is c1ccc(-c2nc(-c3ccccc3-n3c4cc(-c5ncccn5)ccc4c4ccc(-c5ncccn5)cc43)cc(-c3ccccc3-n3c4cc(-c5ncccn5)ccc4c4ccc(-c5ncccn5)cc43)n2)cc1. The zero-order valence-corrected chi connectivity index (χ0v) is 39.3. The fraction of sp³-hybridized carbons (Fsp3) is 0. The van der Waals surface area contributed by atoms with Crippen molar-refractivity contribution in [3.8, 4) is 90.8 Å². The van der Waals surface area contributed by atoms with Crippen LogP contribution in [0.25, 0.3) is 134 Å². The van der Waals surface area contributed by atoms with E-state index in [1.807, 2.05) is 42.5 Å². The van der Waals surface area contributed by atoms with Crippen LogP contribution in [0.1, 0.15) is 0 Å². The van der Waals surface area contributed by atoms with Gasteiger partial charge in [-0.3, -0.25) is 0 Å². The number of aromatic nitrogens is 12. The van der Waals surface area contributed by atoms with Crippen LogP contribution in [0.5, 0.6) is 0 Å². The topological polar surface area (TPSA) is 139 Å². The summed E-state index contributed by atoms with van der Waals surface area (Å²) in [6.45, 7) is 0. The number of benzene rings is 7. The number of fused-ring (bicyclic) bond motifs is 6. The highest BCUT2D eigenvalue weighted by Gasteiger charge is 2.23. The number of hydrogen-bond acceptors (Lipinski definition) is 10. The van der Waals surface area contributed by atoms with Crippen molar-refractivity contribution in [1.29, 1.82) is 0 Å². The van der Waals surface area contributed by atoms with Gasteiger partial charge in [0, 0.05) is 110 Å². The molecular weight excluding hydrogens is 913 g/mol. The second-order valence-electron chi connectivity index (χ2n) is 17.8. The van der Waals surface area contributed by atoms with Crippen LogP contribution in [0.4, 0.5) is 0 Å². The van der Waals surface area contributed by atoms with Gasteiger partial charge in [-0.1, -0.05) is 115 Å². The molecule has 346 valence electrons. The van der Waals surface area contributed by atoms with Gasteiger partial charge in [-0.15, -0.1) is 0 Å². The lowest BCUT2D eigenvalue weighted by molar-refractivity contribution is 1.13. The Labute approximate surface area is 423 Å². The molecule has 14 rings (SSSR count). The van der Waals surface area contributed by atoms with Gasteiger partial charge in [-0.2, -0.15) is 0 Å². The Morgan fingerprint density at radius 3 is 0.892 bits per heavy atom. The van der Waals surface area contributed by atoms with E-state index >= 15 is 0 Å². The van der Waals surface area contributed by atoms with Gasteiger partial charge >= 0.3 is 0 Å². The summed E-state index contributed by atoms with van der Waals surface area (Å²) in [6, 6.07) is 62.2. The van der Waals surface area contributed by atoms with E-state index in [0.29, 0.717) is 29.1 Å². The van der Waals surface area contributed by atoms with E-state index in [0.717, 1.165) is 105 Å². The zero-order chi connectivity index (χ0) is 49.0. The normalized spacial score (nSPS) is 11.5. The van der Waals surface area contributed by atoms with Gasteiger partial charge < -0.3 is 9.13 Å². The molecular formula is C62H38N12. The third-order valence-corrected chi connectivity index (χ3v) is 13.4. The Morgan fingerprint density at radius 1 is 0.243 bits per heavy atom. The molecule has 0 radical (unpaired) electrons. The minimum atomic E-state index is 0.589. The summed E-state index contributed by atoms with van der Waals surface area (Å²) in [5, 5.41) is 4.31. The highest BCUT2D eigenvalue weighted by molar-refractivity contribution is 6.13. The van der Waals surface area contributed by atoms with Crippen LogP contribution in [-0.4, -0.2) is 59.0 Å². The predicted octanol–water partition coefficient (Wildman–Crippen LogP) is 13.5. The van der Waals surface area contributed by atoms with Crippen molar-refractivity contribution < 1.29 is 0 Å². The van der Waals surface area contributed by atoms with E-state index in [2.05, 4.69) is 189 Å². The molecule has 0 aliphatic rings. The van der Waals surface area contributed by atoms with E-state index in [1.54, 1.807) is 49.6 Å². The van der Waals surface area contributed by atoms with Gasteiger partial charge in [-0.05, 0) is 66.7 Å². The summed E-state index contributed by atoms with van der Waals surface area (Å²) in [6.07, 6.45) is 14.2. The molecule has 14 aromatic rings. The van der Waals surface area contributed by atoms with E-state index in [9.17, 15) is 0 Å². The Kier molecular flexibility index (Phi) is 10.2. The van der Waals surface area contributed by atoms with Crippen LogP contribution in [-0.2, 0) is 0 Å². The average Bonchev–Trinajstić information content (AvgIpc) is 4.00. The van der Waals surface area contributed by atoms with E-state index < -0.39 is 0 Å². The van der Waals surface area contributed by atoms with E-state index in [4.69, 9.17) is 9.97 Å². The molecule has 7 heterocycles. The summed E-state index contributed by atoms with van der Waals surface area (Å²) < 4.78 is 4.63. The van der Waals surface area contributed by atoms with Gasteiger partial charge in [0.1, 0.15) is 0 Å². The Morgan fingerprint density at radius 2 is 0.554 bits per heavy atom. The maximum atomic E-state index is 5.44. The second kappa shape index (κ2) is 17.7. The molecule has 0 saturated carbocycles. The molecule has 7 aromatic carbocycles. The zero-order valence-electron chi connectivity index (χ0n) is 39.3. The molecule has 0 atom stereocenters. The Balaban J connectivity index is 1.02. The molecule has 0 aliphatic heterocycles. The summed E-state index contributed by atoms with van der Waals surface area (Å²) in [5.74, 6) is 3.15. The van der Waals surface area contributed by atoms with Crippen molar-refractivity contribution in [1.82, 2.24) is 59.0 Å². The molecule has 0 amide bonds. The third kappa shape index (κ3) is 7.32. The molecule has 0 aliphatic carbocycles. The standard InChI is InChI=1S/C62H38N12/c1-2-12-39(13-3-1)62-71-50(48-14-4-6-16-52(48)73-54-34-40(58-63-26-8-27-64-58)18-22-44(54)45-23-19-41(35-55(45)73)59-65-28-9-29-66-59)38-51(72-62)49-15-5-7-17-53(49)74-56-36-42(60-67-30-10-31-68-60)20-24-46(56)47-25-21-43(37-57(47)74)61-69-32-11-33-70-61/h1-38H. The van der Waals surface area contributed by atoms with Crippen molar-refractivity contribution in [2.24, 2.45) is 0 Å². The van der Waals surface area contributed by atoms with Crippen molar-refractivity contribution >= 4 is 43.6 Å². The lowest BCUT2D eigenvalue weighted by Crippen LogP contribution is -2.03. The van der Waals surface area contributed by atoms with Gasteiger partial charge in [0.15, 0.2) is 29.1 Å². The first-order chi connectivity index (χ1) is 36.7. The van der Waals surface area contributed by atoms with Gasteiger partial charge in [0.2, 0.25) is 0 Å². The second-order valence-corrected chi connectivity index (χ2v) is 17.8. The lowest BCUT2D eigenvalue weighted by atomic mass is 10.0. The molecule has 0 spiro atoms. The molecule has 12 heteroatoms. The smallest absolute Gasteiger partial charge is 0.160 e. The first-order valence-electron chi connectivity index (χ1n) is 24.1. The fourth-order valence-corrected chi connectivity index (χ4v) is 10.1. The molecule has 12 nitrogen and oxygen atoms in total. The molecule has 0 unspecified atom stereocenters. The summed E-state index contributed by atoms with van der Waals surface area (Å²) in [5.41, 5.74) is 13.6. The van der Waals surface area contributed by atoms with E-state index in [-0.39, 0.29) is 0 Å². The monoisotopic (exact) mass is 950 g/mol. The van der Waals surface area contributed by atoms with Crippen LogP contribution in [0.2, 0.25) is 0 Å². The van der Waals surface area contributed by atoms with Crippen molar-refractivity contribution in [2.45, 2.75) is 0 Å². The Bertz CT molecular complexity index is 3960. The minimum Gasteiger partial charge on any atom is -0.309 e. The molecule has 7 aromatic heterocycles. The van der Waals surface area contributed by atoms with Crippen LogP contribution in [0, 0.1) is 0 Å². The maximum absolute atomic E-state index is 5.44. The van der Waals surface area contributed by atoms with Gasteiger partial charge in [-0.25, -0.2) is 49.8 Å². The predicted molar refractivity (Wildman–Crippen MR) is 291 cm³/mol. The first kappa shape index (κ1) is 42.4. The molecule has 0 N–H and O–H groups in total. The van der Waals surface area contributed by atoms with Crippen LogP contribution < -0.4 is 0 Å².